The molecule has 1 unspecified atom stereocenters. The third-order valence-corrected chi connectivity index (χ3v) is 3.96. The summed E-state index contributed by atoms with van der Waals surface area (Å²) in [4.78, 5) is 11.5. The van der Waals surface area contributed by atoms with E-state index in [-0.39, 0.29) is 35.7 Å². The van der Waals surface area contributed by atoms with E-state index in [1.54, 1.807) is 0 Å². The SMILES string of the molecule is CCCCCCP(=O)([O-])ONCCNCCNCCN.[Na+]. The van der Waals surface area contributed by atoms with E-state index in [1.807, 2.05) is 0 Å². The fourth-order valence-electron chi connectivity index (χ4n) is 1.59. The summed E-state index contributed by atoms with van der Waals surface area (Å²) in [5, 5.41) is 6.30. The average Bonchev–Trinajstić information content (AvgIpc) is 2.42. The molecule has 1 atom stereocenters. The van der Waals surface area contributed by atoms with Gasteiger partial charge in [0.25, 0.3) is 0 Å². The molecule has 21 heavy (non-hydrogen) atoms. The molecule has 0 aromatic carbocycles. The van der Waals surface area contributed by atoms with Crippen LogP contribution in [0.1, 0.15) is 32.6 Å². The van der Waals surface area contributed by atoms with Crippen LogP contribution in [0, 0.1) is 0 Å². The van der Waals surface area contributed by atoms with Gasteiger partial charge in [-0.1, -0.05) is 26.2 Å². The number of nitrogens with one attached hydrogen (secondary N) is 3. The Balaban J connectivity index is 0. The van der Waals surface area contributed by atoms with E-state index in [0.29, 0.717) is 26.1 Å². The van der Waals surface area contributed by atoms with E-state index >= 15 is 0 Å². The normalized spacial score (nSPS) is 13.7. The summed E-state index contributed by atoms with van der Waals surface area (Å²) in [5.41, 5.74) is 7.83. The molecule has 5 N–H and O–H groups in total. The van der Waals surface area contributed by atoms with Crippen molar-refractivity contribution in [3.63, 3.8) is 0 Å². The summed E-state index contributed by atoms with van der Waals surface area (Å²) >= 11 is 0. The summed E-state index contributed by atoms with van der Waals surface area (Å²) in [7, 11) is -3.72. The molecule has 0 amide bonds. The Morgan fingerprint density at radius 2 is 1.67 bits per heavy atom. The van der Waals surface area contributed by atoms with Crippen molar-refractivity contribution < 1.29 is 43.6 Å². The van der Waals surface area contributed by atoms with Crippen molar-refractivity contribution in [3.05, 3.63) is 0 Å². The van der Waals surface area contributed by atoms with Crippen molar-refractivity contribution in [1.82, 2.24) is 16.1 Å². The molecule has 0 aliphatic carbocycles. The first-order chi connectivity index (χ1) is 9.62. The van der Waals surface area contributed by atoms with Gasteiger partial charge in [0, 0.05) is 45.4 Å². The number of hydrogen-bond donors (Lipinski definition) is 4. The second-order valence-corrected chi connectivity index (χ2v) is 6.52. The molecule has 0 aromatic heterocycles. The zero-order chi connectivity index (χ0) is 15.1. The van der Waals surface area contributed by atoms with Gasteiger partial charge in [-0.05, 0) is 6.42 Å². The van der Waals surface area contributed by atoms with E-state index in [1.165, 1.54) is 0 Å². The summed E-state index contributed by atoms with van der Waals surface area (Å²) in [6.45, 7) is 6.29. The van der Waals surface area contributed by atoms with Crippen LogP contribution in [0.2, 0.25) is 0 Å². The molecule has 7 nitrogen and oxygen atoms in total. The Labute approximate surface area is 150 Å². The fraction of sp³-hybridized carbons (Fsp3) is 1.00. The molecule has 0 rings (SSSR count). The smallest absolute Gasteiger partial charge is 0.777 e. The van der Waals surface area contributed by atoms with E-state index in [2.05, 4.69) is 23.0 Å². The Morgan fingerprint density at radius 1 is 1.05 bits per heavy atom. The van der Waals surface area contributed by atoms with Crippen LogP contribution in [0.4, 0.5) is 0 Å². The van der Waals surface area contributed by atoms with Gasteiger partial charge in [-0.25, -0.2) is 0 Å². The van der Waals surface area contributed by atoms with Gasteiger partial charge in [0.1, 0.15) is 0 Å². The Hall–Kier alpha value is 0.990. The average molecular weight is 332 g/mol. The van der Waals surface area contributed by atoms with Crippen molar-refractivity contribution in [2.24, 2.45) is 5.73 Å². The predicted octanol–water partition coefficient (Wildman–Crippen LogP) is -3.22. The molecule has 0 aliphatic heterocycles. The van der Waals surface area contributed by atoms with E-state index in [4.69, 9.17) is 10.4 Å². The summed E-state index contributed by atoms with van der Waals surface area (Å²) in [6, 6.07) is 0. The van der Waals surface area contributed by atoms with Crippen LogP contribution in [0.5, 0.6) is 0 Å². The third-order valence-electron chi connectivity index (χ3n) is 2.69. The Bertz CT molecular complexity index is 263. The minimum atomic E-state index is -3.72. The van der Waals surface area contributed by atoms with Gasteiger partial charge in [0.2, 0.25) is 0 Å². The van der Waals surface area contributed by atoms with E-state index in [9.17, 15) is 9.46 Å². The molecular weight excluding hydrogens is 302 g/mol. The molecule has 0 heterocycles. The monoisotopic (exact) mass is 332 g/mol. The fourth-order valence-corrected chi connectivity index (χ4v) is 2.58. The molecule has 0 saturated carbocycles. The van der Waals surface area contributed by atoms with Gasteiger partial charge in [-0.3, -0.25) is 4.62 Å². The first-order valence-corrected chi connectivity index (χ1v) is 9.18. The number of hydrogen-bond acceptors (Lipinski definition) is 7. The number of nitrogens with two attached hydrogens (primary N) is 1. The maximum atomic E-state index is 11.5. The van der Waals surface area contributed by atoms with Gasteiger partial charge < -0.3 is 25.8 Å². The molecule has 9 heteroatoms. The summed E-state index contributed by atoms with van der Waals surface area (Å²) in [5.74, 6) is 0. The number of rotatable bonds is 15. The quantitative estimate of drug-likeness (QED) is 0.108. The van der Waals surface area contributed by atoms with Crippen molar-refractivity contribution in [2.75, 3.05) is 45.4 Å². The molecular formula is C12H30N4NaO3P. The second-order valence-electron chi connectivity index (χ2n) is 4.67. The largest absolute Gasteiger partial charge is 1.00 e. The minimum Gasteiger partial charge on any atom is -0.777 e. The van der Waals surface area contributed by atoms with Crippen molar-refractivity contribution in [2.45, 2.75) is 32.6 Å². The first kappa shape index (κ1) is 24.2. The molecule has 0 fully saturated rings. The van der Waals surface area contributed by atoms with Crippen molar-refractivity contribution in [1.29, 1.82) is 0 Å². The van der Waals surface area contributed by atoms with Crippen LogP contribution < -0.4 is 56.3 Å². The number of unbranched alkanes of at least 4 members (excludes halogenated alkanes) is 3. The van der Waals surface area contributed by atoms with Gasteiger partial charge >= 0.3 is 29.6 Å². The zero-order valence-electron chi connectivity index (χ0n) is 13.5. The molecule has 0 aliphatic rings. The van der Waals surface area contributed by atoms with Gasteiger partial charge in [0.15, 0.2) is 7.60 Å². The molecule has 0 bridgehead atoms. The van der Waals surface area contributed by atoms with Crippen LogP contribution in [0.25, 0.3) is 0 Å². The predicted molar refractivity (Wildman–Crippen MR) is 80.5 cm³/mol. The van der Waals surface area contributed by atoms with Crippen LogP contribution in [0.3, 0.4) is 0 Å². The third kappa shape index (κ3) is 18.9. The minimum absolute atomic E-state index is 0. The van der Waals surface area contributed by atoms with Gasteiger partial charge in [-0.2, -0.15) is 5.48 Å². The molecule has 122 valence electrons. The van der Waals surface area contributed by atoms with Crippen molar-refractivity contribution in [3.8, 4) is 0 Å². The zero-order valence-corrected chi connectivity index (χ0v) is 16.4. The number of hydroxylamine groups is 1. The van der Waals surface area contributed by atoms with E-state index < -0.39 is 7.60 Å². The van der Waals surface area contributed by atoms with Crippen LogP contribution >= 0.6 is 7.60 Å². The Kier molecular flexibility index (Phi) is 20.0. The van der Waals surface area contributed by atoms with E-state index in [0.717, 1.165) is 38.9 Å². The standard InChI is InChI=1S/C12H31N4O3P.Na/c1-2-3-4-5-12-20(17,18)19-16-11-10-15-9-8-14-7-6-13;/h14-16H,2-13H2,1H3,(H,17,18);/q;+1/p-1. The first-order valence-electron chi connectivity index (χ1n) is 7.45. The topological polar surface area (TPSA) is 111 Å². The van der Waals surface area contributed by atoms with Crippen LogP contribution in [0.15, 0.2) is 0 Å². The maximum Gasteiger partial charge on any atom is 1.00 e. The van der Waals surface area contributed by atoms with Crippen LogP contribution in [-0.2, 0) is 9.19 Å². The van der Waals surface area contributed by atoms with Crippen molar-refractivity contribution >= 4 is 7.60 Å². The van der Waals surface area contributed by atoms with Gasteiger partial charge in [0.05, 0.1) is 0 Å². The summed E-state index contributed by atoms with van der Waals surface area (Å²) < 4.78 is 16.2. The molecule has 0 spiro atoms. The molecule has 0 saturated heterocycles. The molecule has 0 aromatic rings. The molecule has 0 radical (unpaired) electrons. The summed E-state index contributed by atoms with van der Waals surface area (Å²) in [6.07, 6.45) is 3.87. The maximum absolute atomic E-state index is 11.5. The van der Waals surface area contributed by atoms with Gasteiger partial charge in [-0.15, -0.1) is 0 Å². The van der Waals surface area contributed by atoms with Crippen LogP contribution in [-0.4, -0.2) is 45.4 Å². The Morgan fingerprint density at radius 3 is 2.29 bits per heavy atom. The second kappa shape index (κ2) is 17.3.